The van der Waals surface area contributed by atoms with E-state index in [2.05, 4.69) is 21.2 Å². The Morgan fingerprint density at radius 2 is 1.62 bits per heavy atom. The summed E-state index contributed by atoms with van der Waals surface area (Å²) in [6.07, 6.45) is 1.32. The molecule has 192 valence electrons. The molecule has 37 heavy (non-hydrogen) atoms. The average Bonchev–Trinajstić information content (AvgIpc) is 2.88. The Morgan fingerprint density at radius 1 is 0.919 bits per heavy atom. The summed E-state index contributed by atoms with van der Waals surface area (Å²) < 4.78 is 11.0. The zero-order chi connectivity index (χ0) is 26.9. The molecule has 0 aliphatic carbocycles. The van der Waals surface area contributed by atoms with E-state index in [0.717, 1.165) is 16.8 Å². The number of halogens is 2. The lowest BCUT2D eigenvalue weighted by atomic mass is 10.1. The number of aryl methyl sites for hydroxylation is 2. The maximum Gasteiger partial charge on any atom is 0.329 e. The van der Waals surface area contributed by atoms with E-state index in [1.807, 2.05) is 32.0 Å². The smallest absolute Gasteiger partial charge is 0.329 e. The minimum Gasteiger partial charge on any atom is -0.493 e. The van der Waals surface area contributed by atoms with E-state index in [-0.39, 0.29) is 28.2 Å². The van der Waals surface area contributed by atoms with Gasteiger partial charge in [-0.15, -0.1) is 0 Å². The molecule has 3 aromatic carbocycles. The molecule has 0 aliphatic rings. The number of rotatable bonds is 8. The van der Waals surface area contributed by atoms with Crippen molar-refractivity contribution in [2.75, 3.05) is 24.4 Å². The minimum absolute atomic E-state index is 0.117. The summed E-state index contributed by atoms with van der Waals surface area (Å²) in [5, 5.41) is 9.35. The highest BCUT2D eigenvalue weighted by Crippen LogP contribution is 2.30. The van der Waals surface area contributed by atoms with Crippen molar-refractivity contribution in [2.24, 2.45) is 5.10 Å². The van der Waals surface area contributed by atoms with E-state index in [1.54, 1.807) is 30.3 Å². The molecule has 0 atom stereocenters. The maximum absolute atomic E-state index is 12.4. The third kappa shape index (κ3) is 7.45. The number of amides is 3. The Hall–Kier alpha value is -4.08. The third-order valence-electron chi connectivity index (χ3n) is 5.08. The van der Waals surface area contributed by atoms with Crippen molar-refractivity contribution >= 4 is 58.5 Å². The molecule has 3 amide bonds. The molecular formula is C26H24Cl2N4O5. The molecule has 0 heterocycles. The van der Waals surface area contributed by atoms with Crippen molar-refractivity contribution < 1.29 is 23.9 Å². The highest BCUT2D eigenvalue weighted by Gasteiger charge is 2.16. The van der Waals surface area contributed by atoms with Crippen LogP contribution in [0.1, 0.15) is 16.7 Å². The first kappa shape index (κ1) is 27.5. The predicted octanol–water partition coefficient (Wildman–Crippen LogP) is 4.73. The molecule has 0 unspecified atom stereocenters. The Bertz CT molecular complexity index is 1340. The number of carbonyl (C=O) groups excluding carboxylic acids is 3. The van der Waals surface area contributed by atoms with Gasteiger partial charge in [-0.25, -0.2) is 5.43 Å². The molecule has 0 bridgehead atoms. The van der Waals surface area contributed by atoms with E-state index in [1.165, 1.54) is 19.4 Å². The van der Waals surface area contributed by atoms with Crippen molar-refractivity contribution in [3.05, 3.63) is 81.3 Å². The summed E-state index contributed by atoms with van der Waals surface area (Å²) in [4.78, 5) is 36.5. The molecule has 0 saturated carbocycles. The fourth-order valence-corrected chi connectivity index (χ4v) is 3.56. The molecule has 3 rings (SSSR count). The number of hydrogen-bond acceptors (Lipinski definition) is 6. The number of benzene rings is 3. The van der Waals surface area contributed by atoms with Gasteiger partial charge in [-0.2, -0.15) is 5.10 Å². The number of nitrogens with zero attached hydrogens (tertiary/aromatic N) is 1. The van der Waals surface area contributed by atoms with E-state index < -0.39 is 11.8 Å². The number of hydrogen-bond donors (Lipinski definition) is 3. The van der Waals surface area contributed by atoms with Crippen LogP contribution in [0.4, 0.5) is 11.4 Å². The van der Waals surface area contributed by atoms with Crippen LogP contribution in [0.3, 0.4) is 0 Å². The normalized spacial score (nSPS) is 10.6. The number of carbonyl (C=O) groups is 3. The molecule has 11 heteroatoms. The highest BCUT2D eigenvalue weighted by molar-refractivity contribution is 6.45. The van der Waals surface area contributed by atoms with Crippen LogP contribution in [-0.4, -0.2) is 37.7 Å². The van der Waals surface area contributed by atoms with Crippen molar-refractivity contribution in [1.82, 2.24) is 5.43 Å². The molecule has 0 aromatic heterocycles. The van der Waals surface area contributed by atoms with Crippen LogP contribution in [0.2, 0.25) is 10.0 Å². The van der Waals surface area contributed by atoms with Crippen molar-refractivity contribution in [1.29, 1.82) is 0 Å². The van der Waals surface area contributed by atoms with E-state index in [0.29, 0.717) is 17.1 Å². The van der Waals surface area contributed by atoms with Crippen molar-refractivity contribution in [3.8, 4) is 11.5 Å². The molecular weight excluding hydrogens is 519 g/mol. The monoisotopic (exact) mass is 542 g/mol. The summed E-state index contributed by atoms with van der Waals surface area (Å²) in [6, 6.07) is 15.2. The van der Waals surface area contributed by atoms with Gasteiger partial charge in [0, 0.05) is 5.69 Å². The van der Waals surface area contributed by atoms with Crippen molar-refractivity contribution in [2.45, 2.75) is 13.8 Å². The number of nitrogens with one attached hydrogen (secondary N) is 3. The van der Waals surface area contributed by atoms with Gasteiger partial charge in [0.05, 0.1) is 29.1 Å². The van der Waals surface area contributed by atoms with Gasteiger partial charge in [-0.1, -0.05) is 47.5 Å². The van der Waals surface area contributed by atoms with Crippen LogP contribution >= 0.6 is 23.2 Å². The van der Waals surface area contributed by atoms with Gasteiger partial charge in [0.2, 0.25) is 0 Å². The molecule has 0 spiro atoms. The van der Waals surface area contributed by atoms with Crippen LogP contribution in [0, 0.1) is 13.8 Å². The molecule has 0 fully saturated rings. The van der Waals surface area contributed by atoms with Gasteiger partial charge in [-0.05, 0) is 60.9 Å². The standard InChI is InChI=1S/C26H24Cl2N4O5/c1-15-6-4-7-16(2)24(15)31-22(33)14-37-20-11-10-17(12-21(20)36-3)13-29-32-26(35)25(34)30-19-9-5-8-18(27)23(19)28/h4-13H,14H2,1-3H3,(H,30,34)(H,31,33)(H,32,35)/b29-13-. The van der Waals surface area contributed by atoms with E-state index in [4.69, 9.17) is 32.7 Å². The topological polar surface area (TPSA) is 118 Å². The van der Waals surface area contributed by atoms with Crippen molar-refractivity contribution in [3.63, 3.8) is 0 Å². The largest absolute Gasteiger partial charge is 0.493 e. The van der Waals surface area contributed by atoms with Gasteiger partial charge < -0.3 is 20.1 Å². The van der Waals surface area contributed by atoms with Gasteiger partial charge in [0.1, 0.15) is 0 Å². The summed E-state index contributed by atoms with van der Waals surface area (Å²) in [7, 11) is 1.45. The molecule has 0 radical (unpaired) electrons. The second kappa shape index (κ2) is 12.8. The molecule has 0 aliphatic heterocycles. The first-order chi connectivity index (χ1) is 17.7. The van der Waals surface area contributed by atoms with Gasteiger partial charge in [0.25, 0.3) is 5.91 Å². The Kier molecular flexibility index (Phi) is 9.48. The van der Waals surface area contributed by atoms with Gasteiger partial charge in [0.15, 0.2) is 18.1 Å². The SMILES string of the molecule is COc1cc(/C=N\NC(=O)C(=O)Nc2cccc(Cl)c2Cl)ccc1OCC(=O)Nc1c(C)cccc1C. The molecule has 3 aromatic rings. The summed E-state index contributed by atoms with van der Waals surface area (Å²) in [5.41, 5.74) is 5.52. The number of para-hydroxylation sites is 1. The Labute approximate surface area is 223 Å². The highest BCUT2D eigenvalue weighted by atomic mass is 35.5. The van der Waals surface area contributed by atoms with Crippen LogP contribution in [0.15, 0.2) is 59.7 Å². The summed E-state index contributed by atoms with van der Waals surface area (Å²) >= 11 is 11.9. The second-order valence-corrected chi connectivity index (χ2v) is 8.55. The average molecular weight is 543 g/mol. The van der Waals surface area contributed by atoms with E-state index in [9.17, 15) is 14.4 Å². The predicted molar refractivity (Wildman–Crippen MR) is 144 cm³/mol. The Balaban J connectivity index is 1.56. The third-order valence-corrected chi connectivity index (χ3v) is 5.90. The quantitative estimate of drug-likeness (QED) is 0.216. The first-order valence-corrected chi connectivity index (χ1v) is 11.7. The number of anilines is 2. The number of ether oxygens (including phenoxy) is 2. The maximum atomic E-state index is 12.4. The van der Waals surface area contributed by atoms with E-state index >= 15 is 0 Å². The molecule has 3 N–H and O–H groups in total. The van der Waals surface area contributed by atoms with Gasteiger partial charge >= 0.3 is 11.8 Å². The number of methoxy groups -OCH3 is 1. The number of hydrazone groups is 1. The van der Waals surface area contributed by atoms with Crippen LogP contribution in [-0.2, 0) is 14.4 Å². The lowest BCUT2D eigenvalue weighted by Gasteiger charge is -2.13. The first-order valence-electron chi connectivity index (χ1n) is 10.9. The lowest BCUT2D eigenvalue weighted by Crippen LogP contribution is -2.32. The summed E-state index contributed by atoms with van der Waals surface area (Å²) in [5.74, 6) is -1.59. The second-order valence-electron chi connectivity index (χ2n) is 7.77. The van der Waals surface area contributed by atoms with Crippen LogP contribution in [0.25, 0.3) is 0 Å². The minimum atomic E-state index is -1.01. The van der Waals surface area contributed by atoms with Crippen LogP contribution < -0.4 is 25.5 Å². The fraction of sp³-hybridized carbons (Fsp3) is 0.154. The van der Waals surface area contributed by atoms with Gasteiger partial charge in [-0.3, -0.25) is 14.4 Å². The molecule has 0 saturated heterocycles. The summed E-state index contributed by atoms with van der Waals surface area (Å²) in [6.45, 7) is 3.60. The zero-order valence-corrected chi connectivity index (χ0v) is 21.7. The molecule has 9 nitrogen and oxygen atoms in total. The van der Waals surface area contributed by atoms with Crippen LogP contribution in [0.5, 0.6) is 11.5 Å². The zero-order valence-electron chi connectivity index (χ0n) is 20.2. The Morgan fingerprint density at radius 3 is 2.32 bits per heavy atom. The lowest BCUT2D eigenvalue weighted by molar-refractivity contribution is -0.136. The fourth-order valence-electron chi connectivity index (χ4n) is 3.21.